The van der Waals surface area contributed by atoms with Crippen LogP contribution in [-0.2, 0) is 11.2 Å². The van der Waals surface area contributed by atoms with Crippen molar-refractivity contribution in [3.05, 3.63) is 33.4 Å². The SMILES string of the molecule is C[C@H](CCc1ccc(I)cc1)CC(=O)O. The lowest BCUT2D eigenvalue weighted by molar-refractivity contribution is -0.138. The first-order valence-electron chi connectivity index (χ1n) is 5.04. The molecule has 1 atom stereocenters. The summed E-state index contributed by atoms with van der Waals surface area (Å²) in [5, 5.41) is 8.62. The Balaban J connectivity index is 2.36. The molecule has 2 nitrogen and oxygen atoms in total. The highest BCUT2D eigenvalue weighted by Crippen LogP contribution is 2.14. The van der Waals surface area contributed by atoms with Gasteiger partial charge in [-0.05, 0) is 59.0 Å². The third-order valence-electron chi connectivity index (χ3n) is 2.36. The van der Waals surface area contributed by atoms with Crippen LogP contribution in [0, 0.1) is 9.49 Å². The van der Waals surface area contributed by atoms with Gasteiger partial charge in [0, 0.05) is 9.99 Å². The maximum absolute atomic E-state index is 10.5. The number of carboxylic acid groups (broad SMARTS) is 1. The van der Waals surface area contributed by atoms with Gasteiger partial charge in [-0.25, -0.2) is 0 Å². The van der Waals surface area contributed by atoms with Crippen LogP contribution in [0.1, 0.15) is 25.3 Å². The monoisotopic (exact) mass is 318 g/mol. The summed E-state index contributed by atoms with van der Waals surface area (Å²) in [5.41, 5.74) is 1.28. The van der Waals surface area contributed by atoms with Gasteiger partial charge in [-0.15, -0.1) is 0 Å². The predicted molar refractivity (Wildman–Crippen MR) is 68.9 cm³/mol. The molecule has 0 fully saturated rings. The predicted octanol–water partition coefficient (Wildman–Crippen LogP) is 3.33. The maximum atomic E-state index is 10.5. The molecule has 0 spiro atoms. The molecule has 0 aliphatic rings. The van der Waals surface area contributed by atoms with Crippen LogP contribution in [0.3, 0.4) is 0 Å². The summed E-state index contributed by atoms with van der Waals surface area (Å²) in [6, 6.07) is 8.38. The molecule has 0 amide bonds. The fraction of sp³-hybridized carbons (Fsp3) is 0.417. The first-order chi connectivity index (χ1) is 7.08. The quantitative estimate of drug-likeness (QED) is 0.846. The Kier molecular flexibility index (Phi) is 5.08. The largest absolute Gasteiger partial charge is 0.481 e. The Morgan fingerprint density at radius 2 is 2.00 bits per heavy atom. The molecule has 1 aromatic carbocycles. The Hall–Kier alpha value is -0.580. The van der Waals surface area contributed by atoms with E-state index in [2.05, 4.69) is 46.9 Å². The molecule has 3 heteroatoms. The number of aryl methyl sites for hydroxylation is 1. The van der Waals surface area contributed by atoms with Crippen LogP contribution in [-0.4, -0.2) is 11.1 Å². The van der Waals surface area contributed by atoms with Crippen molar-refractivity contribution in [2.24, 2.45) is 5.92 Å². The number of benzene rings is 1. The molecule has 0 aliphatic carbocycles. The molecule has 0 saturated heterocycles. The van der Waals surface area contributed by atoms with Crippen molar-refractivity contribution in [3.63, 3.8) is 0 Å². The summed E-state index contributed by atoms with van der Waals surface area (Å²) in [5.74, 6) is -0.452. The van der Waals surface area contributed by atoms with Gasteiger partial charge in [0.2, 0.25) is 0 Å². The van der Waals surface area contributed by atoms with E-state index >= 15 is 0 Å². The average Bonchev–Trinajstić information content (AvgIpc) is 2.16. The molecule has 0 bridgehead atoms. The highest BCUT2D eigenvalue weighted by atomic mass is 127. The molecule has 0 saturated carbocycles. The molecule has 82 valence electrons. The van der Waals surface area contributed by atoms with Gasteiger partial charge in [0.15, 0.2) is 0 Å². The molecule has 0 unspecified atom stereocenters. The van der Waals surface area contributed by atoms with E-state index in [0.29, 0.717) is 0 Å². The molecular weight excluding hydrogens is 303 g/mol. The van der Waals surface area contributed by atoms with Crippen LogP contribution >= 0.6 is 22.6 Å². The van der Waals surface area contributed by atoms with Crippen LogP contribution in [0.4, 0.5) is 0 Å². The first-order valence-corrected chi connectivity index (χ1v) is 6.12. The minimum absolute atomic E-state index is 0.252. The van der Waals surface area contributed by atoms with E-state index in [9.17, 15) is 4.79 Å². The first kappa shape index (κ1) is 12.5. The summed E-state index contributed by atoms with van der Waals surface area (Å²) in [6.07, 6.45) is 2.17. The summed E-state index contributed by atoms with van der Waals surface area (Å²) in [4.78, 5) is 10.5. The highest BCUT2D eigenvalue weighted by Gasteiger charge is 2.07. The Morgan fingerprint density at radius 3 is 2.53 bits per heavy atom. The van der Waals surface area contributed by atoms with Crippen LogP contribution in [0.25, 0.3) is 0 Å². The fourth-order valence-electron chi connectivity index (χ4n) is 1.46. The van der Waals surface area contributed by atoms with Crippen molar-refractivity contribution in [1.82, 2.24) is 0 Å². The normalized spacial score (nSPS) is 12.4. The van der Waals surface area contributed by atoms with Gasteiger partial charge in [-0.2, -0.15) is 0 Å². The van der Waals surface area contributed by atoms with E-state index in [0.717, 1.165) is 12.8 Å². The van der Waals surface area contributed by atoms with E-state index in [1.54, 1.807) is 0 Å². The van der Waals surface area contributed by atoms with E-state index in [1.165, 1.54) is 9.13 Å². The van der Waals surface area contributed by atoms with Gasteiger partial charge < -0.3 is 5.11 Å². The number of rotatable bonds is 5. The number of hydrogen-bond donors (Lipinski definition) is 1. The number of hydrogen-bond acceptors (Lipinski definition) is 1. The third-order valence-corrected chi connectivity index (χ3v) is 3.08. The van der Waals surface area contributed by atoms with E-state index in [1.807, 2.05) is 6.92 Å². The van der Waals surface area contributed by atoms with E-state index < -0.39 is 5.97 Å². The smallest absolute Gasteiger partial charge is 0.303 e. The lowest BCUT2D eigenvalue weighted by atomic mass is 9.98. The number of halogens is 1. The lowest BCUT2D eigenvalue weighted by Gasteiger charge is -2.08. The Morgan fingerprint density at radius 1 is 1.40 bits per heavy atom. The van der Waals surface area contributed by atoms with Crippen molar-refractivity contribution in [3.8, 4) is 0 Å². The standard InChI is InChI=1S/C12H15IO2/c1-9(8-12(14)15)2-3-10-4-6-11(13)7-5-10/h4-7,9H,2-3,8H2,1H3,(H,14,15)/t9-/m1/s1. The molecule has 1 rings (SSSR count). The van der Waals surface area contributed by atoms with E-state index in [-0.39, 0.29) is 12.3 Å². The van der Waals surface area contributed by atoms with Crippen LogP contribution in [0.5, 0.6) is 0 Å². The second-order valence-electron chi connectivity index (χ2n) is 3.87. The third kappa shape index (κ3) is 5.16. The molecule has 0 aromatic heterocycles. The Labute approximate surface area is 104 Å². The van der Waals surface area contributed by atoms with Gasteiger partial charge in [0.05, 0.1) is 0 Å². The number of carbonyl (C=O) groups is 1. The van der Waals surface area contributed by atoms with Crippen molar-refractivity contribution in [2.75, 3.05) is 0 Å². The van der Waals surface area contributed by atoms with Crippen molar-refractivity contribution < 1.29 is 9.90 Å². The number of aliphatic carboxylic acids is 1. The molecule has 15 heavy (non-hydrogen) atoms. The summed E-state index contributed by atoms with van der Waals surface area (Å²) < 4.78 is 1.23. The van der Waals surface area contributed by atoms with Crippen molar-refractivity contribution in [2.45, 2.75) is 26.2 Å². The van der Waals surface area contributed by atoms with Crippen molar-refractivity contribution in [1.29, 1.82) is 0 Å². The zero-order valence-corrected chi connectivity index (χ0v) is 10.9. The minimum Gasteiger partial charge on any atom is -0.481 e. The van der Waals surface area contributed by atoms with E-state index in [4.69, 9.17) is 5.11 Å². The van der Waals surface area contributed by atoms with Gasteiger partial charge in [0.25, 0.3) is 0 Å². The zero-order valence-electron chi connectivity index (χ0n) is 8.74. The summed E-state index contributed by atoms with van der Waals surface area (Å²) >= 11 is 2.28. The van der Waals surface area contributed by atoms with Crippen molar-refractivity contribution >= 4 is 28.6 Å². The molecular formula is C12H15IO2. The molecule has 1 N–H and O–H groups in total. The minimum atomic E-state index is -0.704. The second kappa shape index (κ2) is 6.10. The van der Waals surface area contributed by atoms with Crippen LogP contribution in [0.15, 0.2) is 24.3 Å². The summed E-state index contributed by atoms with van der Waals surface area (Å²) in [7, 11) is 0. The lowest BCUT2D eigenvalue weighted by Crippen LogP contribution is -2.05. The van der Waals surface area contributed by atoms with Gasteiger partial charge in [0.1, 0.15) is 0 Å². The second-order valence-corrected chi connectivity index (χ2v) is 5.11. The van der Waals surface area contributed by atoms with Gasteiger partial charge >= 0.3 is 5.97 Å². The average molecular weight is 318 g/mol. The zero-order chi connectivity index (χ0) is 11.3. The fourth-order valence-corrected chi connectivity index (χ4v) is 1.82. The Bertz CT molecular complexity index is 319. The summed E-state index contributed by atoms with van der Waals surface area (Å²) in [6.45, 7) is 1.99. The highest BCUT2D eigenvalue weighted by molar-refractivity contribution is 14.1. The van der Waals surface area contributed by atoms with Gasteiger partial charge in [-0.1, -0.05) is 19.1 Å². The molecule has 1 aromatic rings. The maximum Gasteiger partial charge on any atom is 0.303 e. The van der Waals surface area contributed by atoms with Crippen LogP contribution < -0.4 is 0 Å². The number of carboxylic acids is 1. The molecule has 0 heterocycles. The molecule has 0 radical (unpaired) electrons. The van der Waals surface area contributed by atoms with Crippen LogP contribution in [0.2, 0.25) is 0 Å². The van der Waals surface area contributed by atoms with Gasteiger partial charge in [-0.3, -0.25) is 4.79 Å². The topological polar surface area (TPSA) is 37.3 Å². The molecule has 0 aliphatic heterocycles.